The summed E-state index contributed by atoms with van der Waals surface area (Å²) in [6.45, 7) is 1.65. The molecule has 1 saturated heterocycles. The number of hydrogen-bond acceptors (Lipinski definition) is 10. The average molecular weight is 642 g/mol. The van der Waals surface area contributed by atoms with Gasteiger partial charge in [-0.1, -0.05) is 25.0 Å². The van der Waals surface area contributed by atoms with Crippen LogP contribution in [0.5, 0.6) is 11.5 Å². The van der Waals surface area contributed by atoms with Crippen LogP contribution in [0.1, 0.15) is 50.8 Å². The van der Waals surface area contributed by atoms with E-state index in [9.17, 15) is 24.3 Å². The highest BCUT2D eigenvalue weighted by atomic mass is 16.5. The molecule has 2 radical (unpaired) electrons. The summed E-state index contributed by atoms with van der Waals surface area (Å²) in [5, 5.41) is 24.0. The van der Waals surface area contributed by atoms with Gasteiger partial charge >= 0.3 is 5.97 Å². The Kier molecular flexibility index (Phi) is 8.89. The number of nitrogens with one attached hydrogen (secondary N) is 2. The average Bonchev–Trinajstić information content (AvgIpc) is 3.32. The Morgan fingerprint density at radius 1 is 1.19 bits per heavy atom. The predicted molar refractivity (Wildman–Crippen MR) is 168 cm³/mol. The van der Waals surface area contributed by atoms with Gasteiger partial charge in [0.2, 0.25) is 25.6 Å². The van der Waals surface area contributed by atoms with Crippen LogP contribution in [0.25, 0.3) is 22.5 Å². The fraction of sp³-hybridized carbons (Fsp3) is 0.469. The van der Waals surface area contributed by atoms with Crippen molar-refractivity contribution in [1.82, 2.24) is 30.7 Å². The van der Waals surface area contributed by atoms with Gasteiger partial charge in [0.15, 0.2) is 5.81 Å². The van der Waals surface area contributed by atoms with E-state index in [1.807, 2.05) is 12.2 Å². The molecule has 2 aliphatic heterocycles. The number of benzene rings is 1. The first-order valence-corrected chi connectivity index (χ1v) is 15.6. The van der Waals surface area contributed by atoms with Gasteiger partial charge in [0.25, 0.3) is 5.89 Å². The smallest absolute Gasteiger partial charge is 0.330 e. The number of hydrogen-bond donors (Lipinski definition) is 3. The van der Waals surface area contributed by atoms with Crippen LogP contribution in [0.3, 0.4) is 0 Å². The Hall–Kier alpha value is -4.95. The number of aliphatic carboxylic acids is 1. The third-order valence-electron chi connectivity index (χ3n) is 8.96. The molecule has 1 unspecified atom stereocenters. The zero-order valence-corrected chi connectivity index (χ0v) is 26.1. The van der Waals surface area contributed by atoms with Crippen LogP contribution >= 0.6 is 0 Å². The van der Waals surface area contributed by atoms with Crippen LogP contribution in [0.2, 0.25) is 0 Å². The molecule has 3 aliphatic rings. The second-order valence-electron chi connectivity index (χ2n) is 12.2. The molecule has 1 aliphatic carbocycles. The van der Waals surface area contributed by atoms with E-state index in [-0.39, 0.29) is 31.2 Å². The molecule has 47 heavy (non-hydrogen) atoms. The number of aryl methyl sites for hydroxylation is 1. The van der Waals surface area contributed by atoms with Crippen molar-refractivity contribution in [2.75, 3.05) is 13.7 Å². The normalized spacial score (nSPS) is 26.4. The summed E-state index contributed by atoms with van der Waals surface area (Å²) in [6.07, 6.45) is 6.73. The first-order chi connectivity index (χ1) is 22.6. The van der Waals surface area contributed by atoms with E-state index in [2.05, 4.69) is 25.8 Å². The monoisotopic (exact) mass is 642 g/mol. The van der Waals surface area contributed by atoms with Crippen molar-refractivity contribution in [1.29, 1.82) is 0 Å². The van der Waals surface area contributed by atoms with E-state index in [4.69, 9.17) is 21.7 Å². The lowest BCUT2D eigenvalue weighted by Crippen LogP contribution is -2.56. The Labute approximate surface area is 271 Å². The van der Waals surface area contributed by atoms with E-state index in [0.29, 0.717) is 46.8 Å². The van der Waals surface area contributed by atoms with Crippen molar-refractivity contribution in [2.45, 2.75) is 75.6 Å². The maximum Gasteiger partial charge on any atom is 0.330 e. The summed E-state index contributed by atoms with van der Waals surface area (Å²) in [7, 11) is 6.98. The Morgan fingerprint density at radius 3 is 2.74 bits per heavy atom. The molecule has 3 N–H and O–H groups in total. The number of carboxylic acids is 1. The van der Waals surface area contributed by atoms with Crippen LogP contribution in [-0.4, -0.2) is 94.0 Å². The molecule has 0 bridgehead atoms. The second-order valence-corrected chi connectivity index (χ2v) is 12.2. The number of carbonyl (C=O) groups excluding carboxylic acids is 3. The Bertz CT molecular complexity index is 1750. The van der Waals surface area contributed by atoms with Crippen molar-refractivity contribution < 1.29 is 38.2 Å². The lowest BCUT2D eigenvalue weighted by Gasteiger charge is -2.29. The summed E-state index contributed by atoms with van der Waals surface area (Å²) in [5.74, 6) is -1.96. The fourth-order valence-electron chi connectivity index (χ4n) is 6.41. The summed E-state index contributed by atoms with van der Waals surface area (Å²) in [6, 6.07) is 4.90. The van der Waals surface area contributed by atoms with Gasteiger partial charge in [-0.3, -0.25) is 14.4 Å². The predicted octanol–water partition coefficient (Wildman–Crippen LogP) is 2.68. The number of nitrogens with zero attached hydrogens (tertiary/aromatic N) is 4. The summed E-state index contributed by atoms with van der Waals surface area (Å²) in [5.41, 5.74) is -0.578. The van der Waals surface area contributed by atoms with Gasteiger partial charge < -0.3 is 34.5 Å². The first kappa shape index (κ1) is 32.0. The van der Waals surface area contributed by atoms with Gasteiger partial charge in [-0.05, 0) is 37.8 Å². The third kappa shape index (κ3) is 6.65. The molecule has 1 saturated carbocycles. The van der Waals surface area contributed by atoms with Crippen molar-refractivity contribution in [2.24, 2.45) is 5.92 Å². The summed E-state index contributed by atoms with van der Waals surface area (Å²) in [4.78, 5) is 58.2. The van der Waals surface area contributed by atoms with Gasteiger partial charge in [0.05, 0.1) is 19.2 Å². The highest BCUT2D eigenvalue weighted by Crippen LogP contribution is 2.45. The number of fused-ring (bicyclic) bond motifs is 3. The minimum Gasteiger partial charge on any atom is -0.497 e. The molecule has 244 valence electrons. The minimum absolute atomic E-state index is 0.00770. The number of aromatic nitrogens is 3. The zero-order valence-electron chi connectivity index (χ0n) is 26.1. The number of amides is 3. The number of ether oxygens (including phenoxy) is 2. The molecule has 2 aromatic heterocycles. The maximum atomic E-state index is 14.0. The van der Waals surface area contributed by atoms with Gasteiger partial charge in [0.1, 0.15) is 40.9 Å². The maximum absolute atomic E-state index is 14.0. The van der Waals surface area contributed by atoms with Crippen molar-refractivity contribution in [3.05, 3.63) is 42.3 Å². The Balaban J connectivity index is 1.34. The highest BCUT2D eigenvalue weighted by molar-refractivity contribution is 6.57. The molecule has 6 rings (SSSR count). The van der Waals surface area contributed by atoms with Crippen molar-refractivity contribution >= 4 is 42.3 Å². The quantitative estimate of drug-likeness (QED) is 0.265. The molecule has 5 atom stereocenters. The van der Waals surface area contributed by atoms with Gasteiger partial charge in [-0.15, -0.1) is 10.2 Å². The van der Waals surface area contributed by atoms with E-state index in [0.717, 1.165) is 19.3 Å². The van der Waals surface area contributed by atoms with Crippen LogP contribution in [0, 0.1) is 12.8 Å². The second kappa shape index (κ2) is 13.0. The van der Waals surface area contributed by atoms with Crippen molar-refractivity contribution in [3.8, 4) is 23.1 Å². The molecule has 2 fully saturated rings. The molecular formula is C32H35BN6O8. The molecule has 1 aromatic carbocycles. The van der Waals surface area contributed by atoms with E-state index in [1.54, 1.807) is 38.3 Å². The molecule has 14 nitrogen and oxygen atoms in total. The lowest BCUT2D eigenvalue weighted by molar-refractivity contribution is -0.145. The van der Waals surface area contributed by atoms with Crippen LogP contribution < -0.4 is 20.1 Å². The van der Waals surface area contributed by atoms with E-state index >= 15 is 0 Å². The minimum atomic E-state index is -1.45. The number of rotatable bonds is 6. The van der Waals surface area contributed by atoms with E-state index < -0.39 is 47.3 Å². The molecule has 0 spiro atoms. The Morgan fingerprint density at radius 2 is 2.02 bits per heavy atom. The lowest BCUT2D eigenvalue weighted by atomic mass is 10.0. The fourth-order valence-corrected chi connectivity index (χ4v) is 6.41. The summed E-state index contributed by atoms with van der Waals surface area (Å²) >= 11 is 0. The third-order valence-corrected chi connectivity index (χ3v) is 8.96. The van der Waals surface area contributed by atoms with Gasteiger partial charge in [0, 0.05) is 36.8 Å². The first-order valence-electron chi connectivity index (χ1n) is 15.6. The number of methoxy groups -OCH3 is 1. The number of pyridine rings is 1. The van der Waals surface area contributed by atoms with Gasteiger partial charge in [-0.2, -0.15) is 0 Å². The van der Waals surface area contributed by atoms with Gasteiger partial charge in [-0.25, -0.2) is 9.78 Å². The number of carboxylic acid groups (broad SMARTS) is 1. The summed E-state index contributed by atoms with van der Waals surface area (Å²) < 4.78 is 17.5. The van der Waals surface area contributed by atoms with Crippen LogP contribution in [-0.2, 0) is 14.4 Å². The topological polar surface area (TPSA) is 186 Å². The molecule has 15 heteroatoms. The zero-order chi connectivity index (χ0) is 33.3. The molecular weight excluding hydrogens is 607 g/mol. The standard InChI is InChI=1S/C32H35BN6O8/c1-17-37-38-28(46-17)24-14-26(21-11-10-19(45-2)12-23(21)34-24)47-20-13-25-27(40)36-32(30(42)43)15-18(32)8-6-4-3-5-7-9-22(35-31(33)44)29(41)39(25)16-20/h6,8,10-12,14,18,20,22,25H,3-5,7,9,13,15-16H2,1-2H3,(H,35,44)(H,36,40)(H,42,43)/t18?,20-,22+,25+,32-/m1/s1. The van der Waals surface area contributed by atoms with Crippen LogP contribution in [0.15, 0.2) is 40.8 Å². The van der Waals surface area contributed by atoms with Crippen LogP contribution in [0.4, 0.5) is 4.79 Å². The van der Waals surface area contributed by atoms with E-state index in [1.165, 1.54) is 4.90 Å². The molecule has 3 amide bonds. The molecule has 3 aromatic rings. The van der Waals surface area contributed by atoms with Crippen molar-refractivity contribution in [3.63, 3.8) is 0 Å². The molecule has 4 heterocycles. The SMILES string of the molecule is [B]C(=O)N[C@H]1CCCCCC=CC2C[C@@]2(C(=O)O)NC(=O)[C@@H]2C[C@@H](Oc3cc(-c4nnc(C)o4)nc4cc(OC)ccc34)CN2C1=O. The number of carbonyl (C=O) groups is 4. The largest absolute Gasteiger partial charge is 0.497 e. The highest BCUT2D eigenvalue weighted by Gasteiger charge is 2.61. The number of allylic oxidation sites excluding steroid dienone is 1.